The second-order valence-electron chi connectivity index (χ2n) is 1.59. The van der Waals surface area contributed by atoms with Crippen LogP contribution in [0.5, 0.6) is 0 Å². The van der Waals surface area contributed by atoms with Crippen LogP contribution in [0.2, 0.25) is 0 Å². The van der Waals surface area contributed by atoms with Crippen LogP contribution in [0.1, 0.15) is 0 Å². The number of nitrogens with two attached hydrogens (primary N) is 1. The molecule has 0 aliphatic carbocycles. The molecule has 1 aromatic rings. The van der Waals surface area contributed by atoms with Crippen LogP contribution in [-0.2, 0) is 0 Å². The molecule has 0 amide bonds. The summed E-state index contributed by atoms with van der Waals surface area (Å²) in [6.07, 6.45) is 0. The molecule has 0 saturated heterocycles. The van der Waals surface area contributed by atoms with Gasteiger partial charge in [0.2, 0.25) is 0 Å². The van der Waals surface area contributed by atoms with E-state index in [0.29, 0.717) is 5.69 Å². The maximum atomic E-state index is 12.2. The molecule has 0 radical (unpaired) electrons. The van der Waals surface area contributed by atoms with Crippen molar-refractivity contribution >= 4 is 17.9 Å². The molecule has 0 saturated carbocycles. The van der Waals surface area contributed by atoms with Crippen molar-refractivity contribution in [2.45, 2.75) is 0 Å². The monoisotopic (exact) mass is 144 g/mol. The van der Waals surface area contributed by atoms with Crippen molar-refractivity contribution in [2.75, 3.05) is 5.73 Å². The molecule has 1 rings (SSSR count). The van der Waals surface area contributed by atoms with E-state index in [2.05, 4.69) is 17.2 Å². The standard InChI is InChI=1S/C5H5FN2S/c6-4-2-1-3(7)5(9)8-4/h1-2H,7H2,(H,8,9). The number of nitrogen functional groups attached to an aromatic ring is 1. The van der Waals surface area contributed by atoms with Gasteiger partial charge >= 0.3 is 0 Å². The van der Waals surface area contributed by atoms with E-state index in [1.165, 1.54) is 12.1 Å². The largest absolute Gasteiger partial charge is 0.396 e. The lowest BCUT2D eigenvalue weighted by Crippen LogP contribution is -1.89. The summed E-state index contributed by atoms with van der Waals surface area (Å²) in [5.74, 6) is -0.464. The first-order valence-electron chi connectivity index (χ1n) is 2.34. The van der Waals surface area contributed by atoms with Gasteiger partial charge in [-0.1, -0.05) is 12.2 Å². The van der Waals surface area contributed by atoms with Gasteiger partial charge < -0.3 is 10.7 Å². The normalized spacial score (nSPS) is 9.44. The molecule has 0 bridgehead atoms. The van der Waals surface area contributed by atoms with Crippen molar-refractivity contribution in [2.24, 2.45) is 0 Å². The number of aromatic nitrogens is 1. The molecule has 0 spiro atoms. The quantitative estimate of drug-likeness (QED) is 0.427. The van der Waals surface area contributed by atoms with Gasteiger partial charge in [0.25, 0.3) is 0 Å². The van der Waals surface area contributed by atoms with Crippen LogP contribution in [0.25, 0.3) is 0 Å². The molecule has 0 aromatic carbocycles. The number of anilines is 1. The molecule has 9 heavy (non-hydrogen) atoms. The Hall–Kier alpha value is -0.900. The summed E-state index contributed by atoms with van der Waals surface area (Å²) in [5, 5.41) is 0. The third-order valence-electron chi connectivity index (χ3n) is 0.904. The molecular formula is C5H5FN2S. The lowest BCUT2D eigenvalue weighted by molar-refractivity contribution is 0.582. The second kappa shape index (κ2) is 2.14. The van der Waals surface area contributed by atoms with Crippen molar-refractivity contribution in [1.82, 2.24) is 4.98 Å². The second-order valence-corrected chi connectivity index (χ2v) is 2.00. The average molecular weight is 144 g/mol. The van der Waals surface area contributed by atoms with Gasteiger partial charge in [-0.25, -0.2) is 0 Å². The van der Waals surface area contributed by atoms with Gasteiger partial charge in [0.05, 0.1) is 5.69 Å². The lowest BCUT2D eigenvalue weighted by atomic mass is 10.4. The Labute approximate surface area is 56.5 Å². The van der Waals surface area contributed by atoms with E-state index in [-0.39, 0.29) is 4.64 Å². The summed E-state index contributed by atoms with van der Waals surface area (Å²) in [6.45, 7) is 0. The Bertz CT molecular complexity index is 268. The molecule has 2 nitrogen and oxygen atoms in total. The lowest BCUT2D eigenvalue weighted by Gasteiger charge is -1.90. The fraction of sp³-hybridized carbons (Fsp3) is 0. The van der Waals surface area contributed by atoms with Crippen LogP contribution >= 0.6 is 12.2 Å². The molecule has 0 fully saturated rings. The number of pyridine rings is 1. The molecule has 1 heterocycles. The predicted octanol–water partition coefficient (Wildman–Crippen LogP) is 1.47. The number of nitrogens with one attached hydrogen (secondary N) is 1. The van der Waals surface area contributed by atoms with Gasteiger partial charge in [-0.05, 0) is 12.1 Å². The molecule has 3 N–H and O–H groups in total. The van der Waals surface area contributed by atoms with Crippen LogP contribution in [0.15, 0.2) is 12.1 Å². The minimum absolute atomic E-state index is 0.245. The van der Waals surface area contributed by atoms with Crippen molar-refractivity contribution < 1.29 is 4.39 Å². The predicted molar refractivity (Wildman–Crippen MR) is 36.0 cm³/mol. The fourth-order valence-corrected chi connectivity index (χ4v) is 0.626. The summed E-state index contributed by atoms with van der Waals surface area (Å²) in [6, 6.07) is 2.65. The highest BCUT2D eigenvalue weighted by Gasteiger charge is 1.89. The van der Waals surface area contributed by atoms with Gasteiger partial charge in [0, 0.05) is 0 Å². The molecule has 4 heteroatoms. The van der Waals surface area contributed by atoms with E-state index in [9.17, 15) is 4.39 Å². The first kappa shape index (κ1) is 6.22. The molecule has 1 aromatic heterocycles. The molecule has 0 unspecified atom stereocenters. The zero-order chi connectivity index (χ0) is 6.85. The number of halogens is 1. The maximum Gasteiger partial charge on any atom is 0.192 e. The first-order valence-corrected chi connectivity index (χ1v) is 2.75. The Balaban J connectivity index is 3.34. The van der Waals surface area contributed by atoms with Crippen molar-refractivity contribution in [3.8, 4) is 0 Å². The average Bonchev–Trinajstić information content (AvgIpc) is 1.80. The highest BCUT2D eigenvalue weighted by Crippen LogP contribution is 2.01. The van der Waals surface area contributed by atoms with Crippen molar-refractivity contribution in [3.05, 3.63) is 22.7 Å². The number of rotatable bonds is 0. The van der Waals surface area contributed by atoms with Gasteiger partial charge in [0.15, 0.2) is 5.95 Å². The van der Waals surface area contributed by atoms with E-state index in [1.807, 2.05) is 0 Å². The molecule has 0 atom stereocenters. The van der Waals surface area contributed by atoms with Crippen molar-refractivity contribution in [1.29, 1.82) is 0 Å². The van der Waals surface area contributed by atoms with Crippen LogP contribution in [-0.4, -0.2) is 4.98 Å². The van der Waals surface area contributed by atoms with Gasteiger partial charge in [-0.2, -0.15) is 4.39 Å². The SMILES string of the molecule is Nc1ccc(F)[nH]c1=S. The first-order chi connectivity index (χ1) is 4.20. The number of hydrogen-bond acceptors (Lipinski definition) is 2. The topological polar surface area (TPSA) is 41.8 Å². The van der Waals surface area contributed by atoms with E-state index in [0.717, 1.165) is 0 Å². The molecule has 48 valence electrons. The van der Waals surface area contributed by atoms with E-state index in [4.69, 9.17) is 5.73 Å². The van der Waals surface area contributed by atoms with Gasteiger partial charge in [0.1, 0.15) is 4.64 Å². The van der Waals surface area contributed by atoms with Crippen LogP contribution in [0, 0.1) is 10.6 Å². The summed E-state index contributed by atoms with van der Waals surface area (Å²) in [5.41, 5.74) is 5.68. The van der Waals surface area contributed by atoms with Crippen molar-refractivity contribution in [3.63, 3.8) is 0 Å². The highest BCUT2D eigenvalue weighted by atomic mass is 32.1. The third kappa shape index (κ3) is 1.26. The summed E-state index contributed by atoms with van der Waals surface area (Å²) in [7, 11) is 0. The van der Waals surface area contributed by atoms with Crippen LogP contribution in [0.3, 0.4) is 0 Å². The summed E-state index contributed by atoms with van der Waals surface area (Å²) >= 11 is 4.62. The minimum Gasteiger partial charge on any atom is -0.396 e. The smallest absolute Gasteiger partial charge is 0.192 e. The number of aromatic amines is 1. The van der Waals surface area contributed by atoms with Crippen LogP contribution in [0.4, 0.5) is 10.1 Å². The van der Waals surface area contributed by atoms with Gasteiger partial charge in [-0.3, -0.25) is 0 Å². The molecular weight excluding hydrogens is 139 g/mol. The summed E-state index contributed by atoms with van der Waals surface area (Å²) < 4.78 is 12.4. The third-order valence-corrected chi connectivity index (χ3v) is 1.24. The molecule has 0 aliphatic rings. The zero-order valence-electron chi connectivity index (χ0n) is 4.52. The molecule has 0 aliphatic heterocycles. The Morgan fingerprint density at radius 2 is 2.22 bits per heavy atom. The minimum atomic E-state index is -0.464. The Morgan fingerprint density at radius 3 is 2.67 bits per heavy atom. The van der Waals surface area contributed by atoms with Gasteiger partial charge in [-0.15, -0.1) is 0 Å². The highest BCUT2D eigenvalue weighted by molar-refractivity contribution is 7.71. The number of H-pyrrole nitrogens is 1. The van der Waals surface area contributed by atoms with Crippen LogP contribution < -0.4 is 5.73 Å². The fourth-order valence-electron chi connectivity index (χ4n) is 0.461. The number of hydrogen-bond donors (Lipinski definition) is 2. The Morgan fingerprint density at radius 1 is 1.56 bits per heavy atom. The Kier molecular flexibility index (Phi) is 1.48. The van der Waals surface area contributed by atoms with E-state index < -0.39 is 5.95 Å². The van der Waals surface area contributed by atoms with E-state index in [1.54, 1.807) is 0 Å². The maximum absolute atomic E-state index is 12.2. The summed E-state index contributed by atoms with van der Waals surface area (Å²) in [4.78, 5) is 2.26. The van der Waals surface area contributed by atoms with E-state index >= 15 is 0 Å². The zero-order valence-corrected chi connectivity index (χ0v) is 5.33.